The number of aromatic nitrogens is 8. The summed E-state index contributed by atoms with van der Waals surface area (Å²) in [7, 11) is 0. The van der Waals surface area contributed by atoms with Crippen LogP contribution in [0.3, 0.4) is 0 Å². The first kappa shape index (κ1) is 42.5. The van der Waals surface area contributed by atoms with Crippen LogP contribution >= 0.6 is 0 Å². The van der Waals surface area contributed by atoms with E-state index in [1.165, 1.54) is 36.1 Å². The molecule has 1 fully saturated rings. The number of allylic oxidation sites excluding steroid dienone is 2. The highest BCUT2D eigenvalue weighted by molar-refractivity contribution is 5.88. The van der Waals surface area contributed by atoms with E-state index >= 15 is 0 Å². The number of aryl methyl sites for hydroxylation is 6. The Hall–Kier alpha value is -6.15. The summed E-state index contributed by atoms with van der Waals surface area (Å²) in [5.41, 5.74) is 26.2. The van der Waals surface area contributed by atoms with Crippen molar-refractivity contribution in [2.75, 3.05) is 36.9 Å². The molecule has 8 rings (SSSR count). The van der Waals surface area contributed by atoms with Gasteiger partial charge in [-0.15, -0.1) is 0 Å². The van der Waals surface area contributed by atoms with Crippen molar-refractivity contribution >= 4 is 51.1 Å². The predicted molar refractivity (Wildman–Crippen MR) is 251 cm³/mol. The molecule has 6 N–H and O–H groups in total. The molecular weight excluding hydrogens is 778 g/mol. The minimum atomic E-state index is -0.531. The molecule has 14 heteroatoms. The molecule has 0 aliphatic carbocycles. The maximum absolute atomic E-state index is 13.6. The van der Waals surface area contributed by atoms with Gasteiger partial charge in [0.1, 0.15) is 6.67 Å². The fourth-order valence-corrected chi connectivity index (χ4v) is 9.46. The topological polar surface area (TPSA) is 151 Å². The van der Waals surface area contributed by atoms with Crippen molar-refractivity contribution in [3.8, 4) is 0 Å². The summed E-state index contributed by atoms with van der Waals surface area (Å²) in [5.74, 6) is 1.44. The highest BCUT2D eigenvalue weighted by Crippen LogP contribution is 2.33. The Bertz CT molecular complexity index is 2650. The van der Waals surface area contributed by atoms with Crippen LogP contribution in [0.15, 0.2) is 68.3 Å². The highest BCUT2D eigenvalue weighted by atomic mass is 19.1. The van der Waals surface area contributed by atoms with Gasteiger partial charge in [0.25, 0.3) is 0 Å². The van der Waals surface area contributed by atoms with Gasteiger partial charge < -0.3 is 36.1 Å². The van der Waals surface area contributed by atoms with Gasteiger partial charge in [-0.2, -0.15) is 10.2 Å². The maximum Gasteiger partial charge on any atom is 0.208 e. The molecule has 6 heterocycles. The van der Waals surface area contributed by atoms with E-state index in [0.29, 0.717) is 54.4 Å². The Morgan fingerprint density at radius 3 is 1.95 bits per heavy atom. The van der Waals surface area contributed by atoms with Crippen molar-refractivity contribution in [2.24, 2.45) is 11.5 Å². The van der Waals surface area contributed by atoms with Crippen LogP contribution in [0.4, 0.5) is 16.3 Å². The number of hydrogen-bond acceptors (Lipinski definition) is 9. The number of benzene rings is 2. The summed E-state index contributed by atoms with van der Waals surface area (Å²) < 4.78 is 21.9. The van der Waals surface area contributed by atoms with Crippen LogP contribution in [-0.4, -0.2) is 75.9 Å². The summed E-state index contributed by atoms with van der Waals surface area (Å²) in [4.78, 5) is 13.1. The second kappa shape index (κ2) is 18.4. The number of alkyl halides is 1. The number of likely N-dealkylation sites (tertiary alicyclic amines) is 1. The highest BCUT2D eigenvalue weighted by Gasteiger charge is 2.25. The van der Waals surface area contributed by atoms with E-state index in [4.69, 9.17) is 21.4 Å². The van der Waals surface area contributed by atoms with Crippen LogP contribution in [-0.2, 0) is 45.4 Å². The third kappa shape index (κ3) is 8.92. The van der Waals surface area contributed by atoms with Crippen LogP contribution in [0.2, 0.25) is 0 Å². The molecule has 1 unspecified atom stereocenters. The van der Waals surface area contributed by atoms with E-state index in [-0.39, 0.29) is 6.54 Å². The lowest BCUT2D eigenvalue weighted by Gasteiger charge is -2.35. The smallest absolute Gasteiger partial charge is 0.208 e. The Balaban J connectivity index is 1.23. The zero-order valence-electron chi connectivity index (χ0n) is 36.7. The zero-order valence-corrected chi connectivity index (χ0v) is 36.7. The predicted octanol–water partition coefficient (Wildman–Crippen LogP) is 7.97. The summed E-state index contributed by atoms with van der Waals surface area (Å²) in [5, 5.41) is 16.4. The maximum atomic E-state index is 13.6. The number of rotatable bonds is 13. The first-order valence-corrected chi connectivity index (χ1v) is 22.2. The molecule has 0 bridgehead atoms. The largest absolute Gasteiger partial charge is 0.399 e. The molecular formula is C48H62FN13. The van der Waals surface area contributed by atoms with E-state index in [9.17, 15) is 4.39 Å². The zero-order chi connectivity index (χ0) is 43.5. The van der Waals surface area contributed by atoms with Gasteiger partial charge in [-0.05, 0) is 131 Å². The van der Waals surface area contributed by atoms with Crippen molar-refractivity contribution in [1.29, 1.82) is 0 Å². The number of nitrogens with zero attached hydrogens (tertiary/aromatic N) is 9. The second-order valence-corrected chi connectivity index (χ2v) is 16.9. The number of halogens is 1. The monoisotopic (exact) mass is 840 g/mol. The first-order valence-electron chi connectivity index (χ1n) is 22.2. The number of nitrogens with one attached hydrogen (secondary N) is 2. The molecule has 2 aliphatic heterocycles. The van der Waals surface area contributed by atoms with Gasteiger partial charge >= 0.3 is 0 Å². The fourth-order valence-electron chi connectivity index (χ4n) is 9.46. The molecule has 6 aromatic rings. The number of piperidine rings is 1. The van der Waals surface area contributed by atoms with E-state index in [0.717, 1.165) is 102 Å². The van der Waals surface area contributed by atoms with Gasteiger partial charge in [-0.1, -0.05) is 38.3 Å². The van der Waals surface area contributed by atoms with E-state index in [1.54, 1.807) is 4.68 Å². The standard InChI is InChI=1S/C48H62FN13/c1-7-61-41(25-31(2)56-61)17-19-52-47-54-42-29-38(33(4)50)27-36-13-15-40(58-20-9-8-10-21-58)16-14-37-28-39(34(5)51)30-43-46(37)60(23-12-11-22-59(47)45(36)42)48(55-43)53-35(6)44-26-32(3)57-62(44)24-18-49/h11-12,25-30,40H,4-10,13-24,50-51H2,1-3H3,(H,52,54)(H,53,55)/b12-11+. The molecule has 62 heavy (non-hydrogen) atoms. The lowest BCUT2D eigenvalue weighted by atomic mass is 9.93. The number of hydrogen-bond donors (Lipinski definition) is 4. The van der Waals surface area contributed by atoms with Crippen LogP contribution in [0.5, 0.6) is 0 Å². The molecule has 0 radical (unpaired) electrons. The van der Waals surface area contributed by atoms with Gasteiger partial charge in [0.2, 0.25) is 11.9 Å². The van der Waals surface area contributed by atoms with Gasteiger partial charge in [-0.25, -0.2) is 14.4 Å². The van der Waals surface area contributed by atoms with E-state index in [1.807, 2.05) is 26.0 Å². The van der Waals surface area contributed by atoms with Gasteiger partial charge in [0.15, 0.2) is 0 Å². The van der Waals surface area contributed by atoms with Crippen molar-refractivity contribution in [3.05, 3.63) is 113 Å². The number of imidazole rings is 2. The number of anilines is 2. The third-order valence-corrected chi connectivity index (χ3v) is 12.4. The molecule has 1 saturated heterocycles. The summed E-state index contributed by atoms with van der Waals surface area (Å²) >= 11 is 0. The SMILES string of the molecule is C=C(N)c1cc2c3c(c1)nc(NCCc1cc(C)nn1CC)n3C/C=C/Cn1c(NC(=C)c3cc(C)nn3CCF)nc3cc(C(=C)N)cc(c31)CCC(N1CCCCC1)CC2. The van der Waals surface area contributed by atoms with Crippen molar-refractivity contribution in [2.45, 2.75) is 104 Å². The first-order chi connectivity index (χ1) is 30.0. The molecule has 326 valence electrons. The molecule has 0 amide bonds. The van der Waals surface area contributed by atoms with Crippen LogP contribution in [0.1, 0.15) is 84.1 Å². The van der Waals surface area contributed by atoms with Gasteiger partial charge in [0.05, 0.1) is 51.4 Å². The van der Waals surface area contributed by atoms with Crippen LogP contribution in [0.25, 0.3) is 39.2 Å². The second-order valence-electron chi connectivity index (χ2n) is 16.9. The Kier molecular flexibility index (Phi) is 12.7. The minimum Gasteiger partial charge on any atom is -0.399 e. The van der Waals surface area contributed by atoms with Crippen molar-refractivity contribution in [3.63, 3.8) is 0 Å². The minimum absolute atomic E-state index is 0.139. The average Bonchev–Trinajstić information content (AvgIpc) is 4.01. The Morgan fingerprint density at radius 1 is 0.774 bits per heavy atom. The third-order valence-electron chi connectivity index (χ3n) is 12.4. The normalized spacial score (nSPS) is 16.9. The molecule has 1 atom stereocenters. The lowest BCUT2D eigenvalue weighted by molar-refractivity contribution is 0.148. The van der Waals surface area contributed by atoms with Crippen LogP contribution in [0, 0.1) is 13.8 Å². The van der Waals surface area contributed by atoms with Crippen molar-refractivity contribution < 1.29 is 4.39 Å². The molecule has 13 nitrogen and oxygen atoms in total. The molecule has 2 aromatic carbocycles. The van der Waals surface area contributed by atoms with Gasteiger partial charge in [0, 0.05) is 55.7 Å². The fraction of sp³-hybridized carbons (Fsp3) is 0.417. The summed E-state index contributed by atoms with van der Waals surface area (Å²) in [6, 6.07) is 12.9. The summed E-state index contributed by atoms with van der Waals surface area (Å²) in [6.07, 6.45) is 12.5. The average molecular weight is 840 g/mol. The lowest BCUT2D eigenvalue weighted by Crippen LogP contribution is -2.39. The molecule has 2 aliphatic rings. The number of nitrogens with two attached hydrogens (primary N) is 2. The molecule has 0 spiro atoms. The molecule has 0 saturated carbocycles. The Labute approximate surface area is 364 Å². The molecule has 4 aromatic heterocycles. The van der Waals surface area contributed by atoms with Crippen LogP contribution < -0.4 is 22.1 Å². The summed E-state index contributed by atoms with van der Waals surface area (Å²) in [6.45, 7) is 23.1. The Morgan fingerprint density at radius 2 is 1.35 bits per heavy atom. The quantitative estimate of drug-likeness (QED) is 0.0850. The van der Waals surface area contributed by atoms with E-state index in [2.05, 4.69) is 103 Å². The van der Waals surface area contributed by atoms with Gasteiger partial charge in [-0.3, -0.25) is 9.36 Å². The van der Waals surface area contributed by atoms with E-state index < -0.39 is 6.67 Å². The van der Waals surface area contributed by atoms with Crippen molar-refractivity contribution in [1.82, 2.24) is 43.6 Å².